The molecule has 0 spiro atoms. The lowest BCUT2D eigenvalue weighted by atomic mass is 10.0. The van der Waals surface area contributed by atoms with Crippen LogP contribution in [-0.2, 0) is 4.79 Å². The summed E-state index contributed by atoms with van der Waals surface area (Å²) >= 11 is 6.67. The number of carboxylic acid groups (broad SMARTS) is 1. The lowest BCUT2D eigenvalue weighted by Gasteiger charge is -2.05. The highest BCUT2D eigenvalue weighted by atomic mass is 35.5. The lowest BCUT2D eigenvalue weighted by Crippen LogP contribution is -2.08. The summed E-state index contributed by atoms with van der Waals surface area (Å²) in [6, 6.07) is 15.7. The van der Waals surface area contributed by atoms with Crippen molar-refractivity contribution in [3.63, 3.8) is 0 Å². The van der Waals surface area contributed by atoms with Crippen molar-refractivity contribution >= 4 is 35.1 Å². The van der Waals surface area contributed by atoms with Crippen LogP contribution in [0.2, 0.25) is 0 Å². The quantitative estimate of drug-likeness (QED) is 0.520. The third kappa shape index (κ3) is 3.62. The Labute approximate surface area is 125 Å². The second kappa shape index (κ2) is 6.59. The highest BCUT2D eigenvalue weighted by molar-refractivity contribution is 8.01. The zero-order valence-corrected chi connectivity index (χ0v) is 11.9. The molecule has 0 aliphatic rings. The number of aliphatic carboxylic acids is 1. The number of ketones is 1. The summed E-state index contributed by atoms with van der Waals surface area (Å²) in [5.41, 5.74) is 1.18. The maximum absolute atomic E-state index is 12.2. The van der Waals surface area contributed by atoms with Gasteiger partial charge < -0.3 is 5.11 Å². The van der Waals surface area contributed by atoms with Crippen LogP contribution in [0.5, 0.6) is 0 Å². The molecule has 2 aromatic rings. The summed E-state index contributed by atoms with van der Waals surface area (Å²) in [5, 5.41) is 8.73. The molecule has 1 N–H and O–H groups in total. The van der Waals surface area contributed by atoms with Crippen molar-refractivity contribution in [2.75, 3.05) is 0 Å². The first kappa shape index (κ1) is 14.6. The molecule has 0 heterocycles. The van der Waals surface area contributed by atoms with E-state index in [9.17, 15) is 9.59 Å². The predicted octanol–water partition coefficient (Wildman–Crippen LogP) is 3.66. The van der Waals surface area contributed by atoms with Crippen molar-refractivity contribution in [1.82, 2.24) is 0 Å². The van der Waals surface area contributed by atoms with Crippen molar-refractivity contribution in [1.29, 1.82) is 0 Å². The maximum atomic E-state index is 12.2. The monoisotopic (exact) mass is 306 g/mol. The molecular weight excluding hydrogens is 296 g/mol. The van der Waals surface area contributed by atoms with Crippen LogP contribution in [0.15, 0.2) is 59.5 Å². The van der Waals surface area contributed by atoms with Crippen LogP contribution in [0.4, 0.5) is 0 Å². The first-order chi connectivity index (χ1) is 9.58. The number of alkyl halides is 1. The van der Waals surface area contributed by atoms with Gasteiger partial charge in [0.25, 0.3) is 0 Å². The molecule has 0 fully saturated rings. The second-order valence-electron chi connectivity index (χ2n) is 3.99. The molecule has 20 heavy (non-hydrogen) atoms. The fraction of sp³-hybridized carbons (Fsp3) is 0.0667. The maximum Gasteiger partial charge on any atom is 0.332 e. The predicted molar refractivity (Wildman–Crippen MR) is 79.5 cm³/mol. The van der Waals surface area contributed by atoms with Crippen molar-refractivity contribution in [2.24, 2.45) is 0 Å². The van der Waals surface area contributed by atoms with E-state index in [2.05, 4.69) is 0 Å². The van der Waals surface area contributed by atoms with E-state index in [0.29, 0.717) is 16.0 Å². The molecule has 0 bridgehead atoms. The number of thioether (sulfide) groups is 1. The molecule has 1 unspecified atom stereocenters. The molecule has 2 rings (SSSR count). The highest BCUT2D eigenvalue weighted by Gasteiger charge is 2.15. The number of rotatable bonds is 5. The minimum Gasteiger partial charge on any atom is -0.480 e. The summed E-state index contributed by atoms with van der Waals surface area (Å²) < 4.78 is -1.04. The molecule has 3 nitrogen and oxygen atoms in total. The van der Waals surface area contributed by atoms with Gasteiger partial charge in [0.1, 0.15) is 0 Å². The average Bonchev–Trinajstić information content (AvgIpc) is 2.48. The minimum atomic E-state index is -1.08. The zero-order valence-electron chi connectivity index (χ0n) is 10.3. The molecule has 0 radical (unpaired) electrons. The zero-order chi connectivity index (χ0) is 14.5. The SMILES string of the molecule is O=C(c1ccccc1)c1ccc(SC(Cl)C(=O)O)cc1. The molecule has 0 amide bonds. The third-order valence-corrected chi connectivity index (χ3v) is 3.99. The standard InChI is InChI=1S/C15H11ClO3S/c16-14(15(18)19)20-12-8-6-11(7-9-12)13(17)10-4-2-1-3-5-10/h1-9,14H,(H,18,19). The van der Waals surface area contributed by atoms with E-state index in [0.717, 1.165) is 11.8 Å². The minimum absolute atomic E-state index is 0.0668. The van der Waals surface area contributed by atoms with E-state index in [1.165, 1.54) is 0 Å². The third-order valence-electron chi connectivity index (χ3n) is 2.59. The van der Waals surface area contributed by atoms with Crippen LogP contribution in [-0.4, -0.2) is 21.6 Å². The molecule has 5 heteroatoms. The van der Waals surface area contributed by atoms with Crippen LogP contribution >= 0.6 is 23.4 Å². The summed E-state index contributed by atoms with van der Waals surface area (Å²) in [6.07, 6.45) is 0. The smallest absolute Gasteiger partial charge is 0.332 e. The molecular formula is C15H11ClO3S. The van der Waals surface area contributed by atoms with Gasteiger partial charge in [0, 0.05) is 16.0 Å². The molecule has 0 aliphatic carbocycles. The van der Waals surface area contributed by atoms with E-state index in [1.807, 2.05) is 18.2 Å². The van der Waals surface area contributed by atoms with Gasteiger partial charge in [0.2, 0.25) is 0 Å². The van der Waals surface area contributed by atoms with Gasteiger partial charge >= 0.3 is 5.97 Å². The summed E-state index contributed by atoms with van der Waals surface area (Å²) in [6.45, 7) is 0. The fourth-order valence-corrected chi connectivity index (χ4v) is 2.55. The molecule has 2 aromatic carbocycles. The van der Waals surface area contributed by atoms with E-state index >= 15 is 0 Å². The van der Waals surface area contributed by atoms with Crippen LogP contribution in [0, 0.1) is 0 Å². The Morgan fingerprint density at radius 1 is 0.950 bits per heavy atom. The van der Waals surface area contributed by atoms with Gasteiger partial charge in [-0.05, 0) is 24.3 Å². The topological polar surface area (TPSA) is 54.4 Å². The number of halogens is 1. The fourth-order valence-electron chi connectivity index (χ4n) is 1.61. The van der Waals surface area contributed by atoms with Gasteiger partial charge in [-0.15, -0.1) is 0 Å². The second-order valence-corrected chi connectivity index (χ2v) is 5.87. The molecule has 1 atom stereocenters. The van der Waals surface area contributed by atoms with Crippen molar-refractivity contribution < 1.29 is 14.7 Å². The summed E-state index contributed by atoms with van der Waals surface area (Å²) in [7, 11) is 0. The largest absolute Gasteiger partial charge is 0.480 e. The van der Waals surface area contributed by atoms with Gasteiger partial charge in [-0.3, -0.25) is 4.79 Å². The van der Waals surface area contributed by atoms with Crippen LogP contribution in [0.3, 0.4) is 0 Å². The lowest BCUT2D eigenvalue weighted by molar-refractivity contribution is -0.134. The number of benzene rings is 2. The van der Waals surface area contributed by atoms with Gasteiger partial charge in [0.15, 0.2) is 10.5 Å². The molecule has 0 aromatic heterocycles. The Hall–Kier alpha value is -1.78. The number of carbonyl (C=O) groups excluding carboxylic acids is 1. The summed E-state index contributed by atoms with van der Waals surface area (Å²) in [5.74, 6) is -1.15. The summed E-state index contributed by atoms with van der Waals surface area (Å²) in [4.78, 5) is 23.5. The average molecular weight is 307 g/mol. The number of hydrogen-bond acceptors (Lipinski definition) is 3. The molecule has 0 aliphatic heterocycles. The van der Waals surface area contributed by atoms with Gasteiger partial charge in [-0.25, -0.2) is 4.79 Å². The Morgan fingerprint density at radius 2 is 1.50 bits per heavy atom. The Bertz CT molecular complexity index is 611. The van der Waals surface area contributed by atoms with Crippen LogP contribution in [0.1, 0.15) is 15.9 Å². The number of carboxylic acids is 1. The van der Waals surface area contributed by atoms with E-state index in [4.69, 9.17) is 16.7 Å². The van der Waals surface area contributed by atoms with E-state index in [-0.39, 0.29) is 5.78 Å². The van der Waals surface area contributed by atoms with Gasteiger partial charge in [-0.1, -0.05) is 53.7 Å². The molecule has 102 valence electrons. The van der Waals surface area contributed by atoms with Gasteiger partial charge in [-0.2, -0.15) is 0 Å². The van der Waals surface area contributed by atoms with Crippen LogP contribution < -0.4 is 0 Å². The Morgan fingerprint density at radius 3 is 2.05 bits per heavy atom. The normalized spacial score (nSPS) is 11.8. The first-order valence-electron chi connectivity index (χ1n) is 5.81. The van der Waals surface area contributed by atoms with E-state index < -0.39 is 10.7 Å². The Kier molecular flexibility index (Phi) is 4.82. The highest BCUT2D eigenvalue weighted by Crippen LogP contribution is 2.26. The Balaban J connectivity index is 2.12. The molecule has 0 saturated heterocycles. The van der Waals surface area contributed by atoms with Crippen LogP contribution in [0.25, 0.3) is 0 Å². The van der Waals surface area contributed by atoms with Crippen molar-refractivity contribution in [2.45, 2.75) is 9.60 Å². The van der Waals surface area contributed by atoms with Crippen molar-refractivity contribution in [3.8, 4) is 0 Å². The van der Waals surface area contributed by atoms with E-state index in [1.54, 1.807) is 36.4 Å². The number of hydrogen-bond donors (Lipinski definition) is 1. The number of carbonyl (C=O) groups is 2. The molecule has 0 saturated carbocycles. The van der Waals surface area contributed by atoms with Crippen molar-refractivity contribution in [3.05, 3.63) is 65.7 Å². The van der Waals surface area contributed by atoms with Gasteiger partial charge in [0.05, 0.1) is 0 Å². The first-order valence-corrected chi connectivity index (χ1v) is 7.13.